The molecule has 6 nitrogen and oxygen atoms in total. The third kappa shape index (κ3) is 3.42. The zero-order chi connectivity index (χ0) is 16.9. The standard InChI is InChI=1S/C18H24N4O2/c1-2-3-11-19-18(24)16-21-15(14-10-6-7-12-22(14)16)17(23)20-13-8-4-5-9-13/h6-7,10,12-13H,2-5,8-9,11H2,1H3,(H,19,24)(H,20,23). The molecule has 0 atom stereocenters. The summed E-state index contributed by atoms with van der Waals surface area (Å²) in [6.45, 7) is 2.68. The molecular weight excluding hydrogens is 304 g/mol. The molecular formula is C18H24N4O2. The molecule has 0 aliphatic heterocycles. The molecule has 2 amide bonds. The number of nitrogens with one attached hydrogen (secondary N) is 2. The molecule has 0 radical (unpaired) electrons. The van der Waals surface area contributed by atoms with Gasteiger partial charge in [-0.1, -0.05) is 32.3 Å². The van der Waals surface area contributed by atoms with E-state index in [2.05, 4.69) is 22.5 Å². The van der Waals surface area contributed by atoms with Gasteiger partial charge in [0, 0.05) is 18.8 Å². The fourth-order valence-electron chi connectivity index (χ4n) is 3.15. The Morgan fingerprint density at radius 2 is 2.04 bits per heavy atom. The van der Waals surface area contributed by atoms with Crippen molar-refractivity contribution in [3.63, 3.8) is 0 Å². The van der Waals surface area contributed by atoms with Crippen LogP contribution in [0.1, 0.15) is 66.6 Å². The van der Waals surface area contributed by atoms with Crippen molar-refractivity contribution >= 4 is 17.3 Å². The molecule has 1 aliphatic rings. The van der Waals surface area contributed by atoms with Gasteiger partial charge < -0.3 is 10.6 Å². The average molecular weight is 328 g/mol. The Balaban J connectivity index is 1.85. The second-order valence-electron chi connectivity index (χ2n) is 6.30. The highest BCUT2D eigenvalue weighted by Gasteiger charge is 2.24. The largest absolute Gasteiger partial charge is 0.349 e. The van der Waals surface area contributed by atoms with Crippen molar-refractivity contribution in [3.8, 4) is 0 Å². The van der Waals surface area contributed by atoms with E-state index in [0.717, 1.165) is 38.5 Å². The second-order valence-corrected chi connectivity index (χ2v) is 6.30. The quantitative estimate of drug-likeness (QED) is 0.800. The van der Waals surface area contributed by atoms with Crippen molar-refractivity contribution in [1.29, 1.82) is 0 Å². The molecule has 2 aromatic heterocycles. The van der Waals surface area contributed by atoms with Gasteiger partial charge in [0.15, 0.2) is 5.69 Å². The van der Waals surface area contributed by atoms with E-state index in [4.69, 9.17) is 0 Å². The normalized spacial score (nSPS) is 14.9. The third-order valence-corrected chi connectivity index (χ3v) is 4.47. The average Bonchev–Trinajstić information content (AvgIpc) is 3.22. The number of nitrogens with zero attached hydrogens (tertiary/aromatic N) is 2. The Morgan fingerprint density at radius 3 is 2.79 bits per heavy atom. The van der Waals surface area contributed by atoms with E-state index in [1.54, 1.807) is 10.6 Å². The minimum Gasteiger partial charge on any atom is -0.349 e. The molecule has 24 heavy (non-hydrogen) atoms. The summed E-state index contributed by atoms with van der Waals surface area (Å²) >= 11 is 0. The fourth-order valence-corrected chi connectivity index (χ4v) is 3.15. The van der Waals surface area contributed by atoms with E-state index >= 15 is 0 Å². The third-order valence-electron chi connectivity index (χ3n) is 4.47. The van der Waals surface area contributed by atoms with Crippen LogP contribution in [0.3, 0.4) is 0 Å². The Morgan fingerprint density at radius 1 is 1.25 bits per heavy atom. The summed E-state index contributed by atoms with van der Waals surface area (Å²) in [4.78, 5) is 29.3. The molecule has 0 aromatic carbocycles. The molecule has 1 fully saturated rings. The zero-order valence-corrected chi connectivity index (χ0v) is 14.0. The smallest absolute Gasteiger partial charge is 0.287 e. The number of fused-ring (bicyclic) bond motifs is 1. The summed E-state index contributed by atoms with van der Waals surface area (Å²) < 4.78 is 1.69. The van der Waals surface area contributed by atoms with Crippen molar-refractivity contribution in [2.24, 2.45) is 0 Å². The Kier molecular flexibility index (Phi) is 5.13. The van der Waals surface area contributed by atoms with E-state index in [1.165, 1.54) is 0 Å². The van der Waals surface area contributed by atoms with Crippen molar-refractivity contribution in [1.82, 2.24) is 20.0 Å². The summed E-state index contributed by atoms with van der Waals surface area (Å²) in [5, 5.41) is 5.91. The van der Waals surface area contributed by atoms with Gasteiger partial charge >= 0.3 is 0 Å². The minimum absolute atomic E-state index is 0.196. The molecule has 2 aromatic rings. The zero-order valence-electron chi connectivity index (χ0n) is 14.0. The van der Waals surface area contributed by atoms with E-state index in [9.17, 15) is 9.59 Å². The number of pyridine rings is 1. The highest BCUT2D eigenvalue weighted by atomic mass is 16.2. The van der Waals surface area contributed by atoms with Gasteiger partial charge in [-0.2, -0.15) is 0 Å². The highest BCUT2D eigenvalue weighted by molar-refractivity contribution is 6.02. The number of amides is 2. The first-order valence-corrected chi connectivity index (χ1v) is 8.77. The van der Waals surface area contributed by atoms with E-state index in [-0.39, 0.29) is 23.7 Å². The topological polar surface area (TPSA) is 75.5 Å². The summed E-state index contributed by atoms with van der Waals surface area (Å²) in [6.07, 6.45) is 8.04. The van der Waals surface area contributed by atoms with Gasteiger partial charge in [-0.3, -0.25) is 14.0 Å². The molecule has 6 heteroatoms. The van der Waals surface area contributed by atoms with E-state index in [0.29, 0.717) is 17.8 Å². The molecule has 1 saturated carbocycles. The van der Waals surface area contributed by atoms with E-state index in [1.807, 2.05) is 18.2 Å². The van der Waals surface area contributed by atoms with Crippen LogP contribution in [0.2, 0.25) is 0 Å². The maximum Gasteiger partial charge on any atom is 0.287 e. The van der Waals surface area contributed by atoms with Crippen LogP contribution < -0.4 is 10.6 Å². The number of hydrogen-bond donors (Lipinski definition) is 2. The molecule has 2 N–H and O–H groups in total. The van der Waals surface area contributed by atoms with Crippen molar-refractivity contribution in [2.75, 3.05) is 6.54 Å². The summed E-state index contributed by atoms with van der Waals surface area (Å²) in [5.74, 6) is -0.180. The van der Waals surface area contributed by atoms with Crippen LogP contribution in [-0.2, 0) is 0 Å². The van der Waals surface area contributed by atoms with Gasteiger partial charge in [0.2, 0.25) is 5.82 Å². The van der Waals surface area contributed by atoms with Gasteiger partial charge in [0.05, 0.1) is 5.52 Å². The van der Waals surface area contributed by atoms with Crippen LogP contribution in [0.4, 0.5) is 0 Å². The number of hydrogen-bond acceptors (Lipinski definition) is 3. The first kappa shape index (κ1) is 16.5. The number of rotatable bonds is 6. The van der Waals surface area contributed by atoms with Crippen LogP contribution in [0.5, 0.6) is 0 Å². The maximum atomic E-state index is 12.6. The van der Waals surface area contributed by atoms with Crippen LogP contribution in [0.15, 0.2) is 24.4 Å². The van der Waals surface area contributed by atoms with Gasteiger partial charge in [0.1, 0.15) is 0 Å². The lowest BCUT2D eigenvalue weighted by molar-refractivity contribution is 0.0935. The molecule has 1 aliphatic carbocycles. The maximum absolute atomic E-state index is 12.6. The van der Waals surface area contributed by atoms with Gasteiger partial charge in [0.25, 0.3) is 11.8 Å². The number of imidazole rings is 1. The molecule has 3 rings (SSSR count). The predicted molar refractivity (Wildman–Crippen MR) is 92.2 cm³/mol. The summed E-state index contributed by atoms with van der Waals surface area (Å²) in [5.41, 5.74) is 0.983. The van der Waals surface area contributed by atoms with Crippen LogP contribution in [-0.4, -0.2) is 33.8 Å². The fraction of sp³-hybridized carbons (Fsp3) is 0.500. The van der Waals surface area contributed by atoms with Gasteiger partial charge in [-0.25, -0.2) is 4.98 Å². The highest BCUT2D eigenvalue weighted by Crippen LogP contribution is 2.19. The van der Waals surface area contributed by atoms with Crippen LogP contribution >= 0.6 is 0 Å². The van der Waals surface area contributed by atoms with E-state index < -0.39 is 0 Å². The molecule has 128 valence electrons. The number of aromatic nitrogens is 2. The minimum atomic E-state index is -0.246. The van der Waals surface area contributed by atoms with Gasteiger partial charge in [-0.15, -0.1) is 0 Å². The monoisotopic (exact) mass is 328 g/mol. The first-order chi connectivity index (χ1) is 11.7. The van der Waals surface area contributed by atoms with Crippen molar-refractivity contribution in [3.05, 3.63) is 35.9 Å². The molecule has 0 unspecified atom stereocenters. The Bertz CT molecular complexity index is 732. The van der Waals surface area contributed by atoms with Crippen molar-refractivity contribution in [2.45, 2.75) is 51.5 Å². The summed E-state index contributed by atoms with van der Waals surface area (Å²) in [7, 11) is 0. The van der Waals surface area contributed by atoms with Gasteiger partial charge in [-0.05, 0) is 31.4 Å². The number of carbonyl (C=O) groups is 2. The lowest BCUT2D eigenvalue weighted by atomic mass is 10.2. The summed E-state index contributed by atoms with van der Waals surface area (Å²) in [6, 6.07) is 5.72. The molecule has 0 saturated heterocycles. The Hall–Kier alpha value is -2.37. The van der Waals surface area contributed by atoms with Crippen molar-refractivity contribution < 1.29 is 9.59 Å². The molecule has 2 heterocycles. The SMILES string of the molecule is CCCCNC(=O)c1nc(C(=O)NC2CCCC2)c2ccccn12. The first-order valence-electron chi connectivity index (χ1n) is 8.77. The molecule has 0 bridgehead atoms. The lowest BCUT2D eigenvalue weighted by Gasteiger charge is -2.10. The number of unbranched alkanes of at least 4 members (excludes halogenated alkanes) is 1. The van der Waals surface area contributed by atoms with Crippen LogP contribution in [0.25, 0.3) is 5.52 Å². The van der Waals surface area contributed by atoms with Crippen LogP contribution in [0, 0.1) is 0 Å². The predicted octanol–water partition coefficient (Wildman–Crippen LogP) is 2.54. The number of carbonyl (C=O) groups excluding carboxylic acids is 2. The lowest BCUT2D eigenvalue weighted by Crippen LogP contribution is -2.33. The Labute approximate surface area is 141 Å². The second kappa shape index (κ2) is 7.47. The molecule has 0 spiro atoms.